The first-order valence-corrected chi connectivity index (χ1v) is 10.2. The van der Waals surface area contributed by atoms with E-state index in [0.717, 1.165) is 53.8 Å². The number of aryl methyl sites for hydroxylation is 2. The summed E-state index contributed by atoms with van der Waals surface area (Å²) in [4.78, 5) is 31.4. The predicted molar refractivity (Wildman–Crippen MR) is 120 cm³/mol. The second-order valence-corrected chi connectivity index (χ2v) is 7.95. The fourth-order valence-electron chi connectivity index (χ4n) is 4.05. The summed E-state index contributed by atoms with van der Waals surface area (Å²) in [6.07, 6.45) is 1.45. The van der Waals surface area contributed by atoms with Crippen molar-refractivity contribution in [3.8, 4) is 0 Å². The molecule has 1 fully saturated rings. The number of nitrogens with two attached hydrogens (primary N) is 1. The molecule has 6 heteroatoms. The Balaban J connectivity index is 1.57. The third-order valence-electron chi connectivity index (χ3n) is 5.80. The SMILES string of the molecule is Cc1ccc2cc(C(=O)Nc3ccccc3N3CCC(C(N)=O)CC3)c(C)nc2c1. The fraction of sp³-hybridized carbons (Fsp3) is 0.292. The number of hydrogen-bond acceptors (Lipinski definition) is 4. The van der Waals surface area contributed by atoms with Gasteiger partial charge in [-0.05, 0) is 56.5 Å². The maximum atomic E-state index is 13.1. The van der Waals surface area contributed by atoms with Crippen molar-refractivity contribution in [3.63, 3.8) is 0 Å². The van der Waals surface area contributed by atoms with E-state index in [-0.39, 0.29) is 17.7 Å². The van der Waals surface area contributed by atoms with Gasteiger partial charge in [0.05, 0.1) is 28.1 Å². The molecular weight excluding hydrogens is 376 g/mol. The van der Waals surface area contributed by atoms with Crippen LogP contribution in [0.15, 0.2) is 48.5 Å². The number of hydrogen-bond donors (Lipinski definition) is 2. The van der Waals surface area contributed by atoms with E-state index < -0.39 is 0 Å². The van der Waals surface area contributed by atoms with E-state index in [1.165, 1.54) is 0 Å². The lowest BCUT2D eigenvalue weighted by Gasteiger charge is -2.33. The molecule has 4 rings (SSSR count). The average molecular weight is 402 g/mol. The Morgan fingerprint density at radius 2 is 1.80 bits per heavy atom. The average Bonchev–Trinajstić information content (AvgIpc) is 2.73. The quantitative estimate of drug-likeness (QED) is 0.695. The van der Waals surface area contributed by atoms with Crippen LogP contribution in [0.5, 0.6) is 0 Å². The highest BCUT2D eigenvalue weighted by molar-refractivity contribution is 6.08. The van der Waals surface area contributed by atoms with Crippen LogP contribution < -0.4 is 16.0 Å². The smallest absolute Gasteiger partial charge is 0.257 e. The second kappa shape index (κ2) is 8.14. The molecule has 6 nitrogen and oxygen atoms in total. The monoisotopic (exact) mass is 402 g/mol. The first-order valence-electron chi connectivity index (χ1n) is 10.2. The van der Waals surface area contributed by atoms with Gasteiger partial charge in [0.15, 0.2) is 0 Å². The number of primary amides is 1. The van der Waals surface area contributed by atoms with E-state index in [9.17, 15) is 9.59 Å². The molecule has 0 spiro atoms. The predicted octanol–water partition coefficient (Wildman–Crippen LogP) is 3.81. The molecule has 2 aromatic carbocycles. The number of benzene rings is 2. The van der Waals surface area contributed by atoms with Gasteiger partial charge in [0.25, 0.3) is 5.91 Å². The van der Waals surface area contributed by atoms with Crippen LogP contribution in [-0.4, -0.2) is 29.9 Å². The van der Waals surface area contributed by atoms with Crippen molar-refractivity contribution in [2.45, 2.75) is 26.7 Å². The van der Waals surface area contributed by atoms with E-state index in [2.05, 4.69) is 15.2 Å². The number of piperidine rings is 1. The van der Waals surface area contributed by atoms with Crippen LogP contribution in [0.25, 0.3) is 10.9 Å². The molecule has 2 amide bonds. The van der Waals surface area contributed by atoms with Gasteiger partial charge in [-0.2, -0.15) is 0 Å². The summed E-state index contributed by atoms with van der Waals surface area (Å²) in [6.45, 7) is 5.35. The molecule has 0 radical (unpaired) electrons. The molecule has 3 N–H and O–H groups in total. The molecule has 30 heavy (non-hydrogen) atoms. The Kier molecular flexibility index (Phi) is 5.40. The third-order valence-corrected chi connectivity index (χ3v) is 5.80. The number of pyridine rings is 1. The number of amides is 2. The van der Waals surface area contributed by atoms with Crippen LogP contribution in [0, 0.1) is 19.8 Å². The third kappa shape index (κ3) is 3.99. The summed E-state index contributed by atoms with van der Waals surface area (Å²) in [5, 5.41) is 4.01. The van der Waals surface area contributed by atoms with Crippen LogP contribution in [-0.2, 0) is 4.79 Å². The molecule has 2 heterocycles. The normalized spacial score (nSPS) is 14.7. The fourth-order valence-corrected chi connectivity index (χ4v) is 4.05. The number of rotatable bonds is 4. The Hall–Kier alpha value is -3.41. The largest absolute Gasteiger partial charge is 0.370 e. The number of nitrogens with zero attached hydrogens (tertiary/aromatic N) is 2. The van der Waals surface area contributed by atoms with Gasteiger partial charge in [-0.15, -0.1) is 0 Å². The number of nitrogens with one attached hydrogen (secondary N) is 1. The second-order valence-electron chi connectivity index (χ2n) is 7.95. The molecule has 154 valence electrons. The van der Waals surface area contributed by atoms with Gasteiger partial charge in [-0.1, -0.05) is 24.3 Å². The topological polar surface area (TPSA) is 88.3 Å². The maximum absolute atomic E-state index is 13.1. The summed E-state index contributed by atoms with van der Waals surface area (Å²) >= 11 is 0. The molecule has 0 unspecified atom stereocenters. The Labute approximate surface area is 176 Å². The van der Waals surface area contributed by atoms with E-state index in [0.29, 0.717) is 11.3 Å². The first kappa shape index (κ1) is 19.9. The molecule has 0 bridgehead atoms. The van der Waals surface area contributed by atoms with Gasteiger partial charge < -0.3 is 16.0 Å². The zero-order chi connectivity index (χ0) is 21.3. The molecule has 0 saturated carbocycles. The number of fused-ring (bicyclic) bond motifs is 1. The van der Waals surface area contributed by atoms with Crippen LogP contribution in [0.1, 0.15) is 34.5 Å². The summed E-state index contributed by atoms with van der Waals surface area (Å²) < 4.78 is 0. The van der Waals surface area contributed by atoms with Gasteiger partial charge in [0, 0.05) is 24.4 Å². The number of carbonyl (C=O) groups excluding carboxylic acids is 2. The van der Waals surface area contributed by atoms with E-state index in [4.69, 9.17) is 5.73 Å². The molecule has 1 saturated heterocycles. The number of anilines is 2. The van der Waals surface area contributed by atoms with Gasteiger partial charge in [0.2, 0.25) is 5.91 Å². The summed E-state index contributed by atoms with van der Waals surface area (Å²) in [5.74, 6) is -0.481. The number of carbonyl (C=O) groups is 2. The number of aromatic nitrogens is 1. The molecule has 1 aromatic heterocycles. The van der Waals surface area contributed by atoms with E-state index in [1.807, 2.05) is 62.4 Å². The minimum atomic E-state index is -0.231. The minimum Gasteiger partial charge on any atom is -0.370 e. The summed E-state index contributed by atoms with van der Waals surface area (Å²) in [7, 11) is 0. The van der Waals surface area contributed by atoms with Crippen LogP contribution in [0.4, 0.5) is 11.4 Å². The highest BCUT2D eigenvalue weighted by Crippen LogP contribution is 2.30. The lowest BCUT2D eigenvalue weighted by molar-refractivity contribution is -0.122. The standard InChI is InChI=1S/C24H26N4O2/c1-15-7-8-18-14-19(16(2)26-21(18)13-15)24(30)27-20-5-3-4-6-22(20)28-11-9-17(10-12-28)23(25)29/h3-8,13-14,17H,9-12H2,1-2H3,(H2,25,29)(H,27,30). The Morgan fingerprint density at radius 3 is 2.53 bits per heavy atom. The van der Waals surface area contributed by atoms with E-state index >= 15 is 0 Å². The maximum Gasteiger partial charge on any atom is 0.257 e. The Bertz CT molecular complexity index is 1120. The van der Waals surface area contributed by atoms with E-state index in [1.54, 1.807) is 0 Å². The molecule has 0 atom stereocenters. The highest BCUT2D eigenvalue weighted by Gasteiger charge is 2.25. The molecular formula is C24H26N4O2. The van der Waals surface area contributed by atoms with Crippen LogP contribution in [0.2, 0.25) is 0 Å². The van der Waals surface area contributed by atoms with Gasteiger partial charge in [-0.3, -0.25) is 14.6 Å². The van der Waals surface area contributed by atoms with Crippen LogP contribution in [0.3, 0.4) is 0 Å². The first-order chi connectivity index (χ1) is 14.4. The van der Waals surface area contributed by atoms with Crippen molar-refractivity contribution >= 4 is 34.1 Å². The molecule has 1 aliphatic heterocycles. The summed E-state index contributed by atoms with van der Waals surface area (Å²) in [6, 6.07) is 15.7. The Morgan fingerprint density at radius 1 is 1.07 bits per heavy atom. The molecule has 3 aromatic rings. The molecule has 0 aliphatic carbocycles. The van der Waals surface area contributed by atoms with Crippen molar-refractivity contribution in [1.29, 1.82) is 0 Å². The zero-order valence-corrected chi connectivity index (χ0v) is 17.3. The van der Waals surface area contributed by atoms with Crippen molar-refractivity contribution in [2.75, 3.05) is 23.3 Å². The summed E-state index contributed by atoms with van der Waals surface area (Å²) in [5.41, 5.74) is 10.5. The van der Waals surface area contributed by atoms with Crippen molar-refractivity contribution in [1.82, 2.24) is 4.98 Å². The van der Waals surface area contributed by atoms with Crippen molar-refractivity contribution in [3.05, 3.63) is 65.4 Å². The zero-order valence-electron chi connectivity index (χ0n) is 17.3. The van der Waals surface area contributed by atoms with Gasteiger partial charge in [0.1, 0.15) is 0 Å². The minimum absolute atomic E-state index is 0.0713. The van der Waals surface area contributed by atoms with Crippen LogP contribution >= 0.6 is 0 Å². The molecule has 1 aliphatic rings. The highest BCUT2D eigenvalue weighted by atomic mass is 16.2. The van der Waals surface area contributed by atoms with Gasteiger partial charge >= 0.3 is 0 Å². The van der Waals surface area contributed by atoms with Gasteiger partial charge in [-0.25, -0.2) is 0 Å². The number of para-hydroxylation sites is 2. The van der Waals surface area contributed by atoms with Crippen molar-refractivity contribution < 1.29 is 9.59 Å². The lowest BCUT2D eigenvalue weighted by atomic mass is 9.96. The van der Waals surface area contributed by atoms with Crippen molar-refractivity contribution in [2.24, 2.45) is 11.7 Å². The lowest BCUT2D eigenvalue weighted by Crippen LogP contribution is -2.38.